The first-order valence-corrected chi connectivity index (χ1v) is 9.93. The number of nitrogens with one attached hydrogen (secondary N) is 1. The van der Waals surface area contributed by atoms with Gasteiger partial charge in [-0.05, 0) is 50.2 Å². The van der Waals surface area contributed by atoms with E-state index < -0.39 is 0 Å². The first-order chi connectivity index (χ1) is 13.3. The summed E-state index contributed by atoms with van der Waals surface area (Å²) in [6.07, 6.45) is 0.402. The van der Waals surface area contributed by atoms with Crippen molar-refractivity contribution in [1.82, 2.24) is 20.4 Å². The van der Waals surface area contributed by atoms with Gasteiger partial charge in [0, 0.05) is 19.1 Å². The van der Waals surface area contributed by atoms with Gasteiger partial charge in [0.25, 0.3) is 0 Å². The van der Waals surface area contributed by atoms with Gasteiger partial charge < -0.3 is 15.1 Å². The van der Waals surface area contributed by atoms with Crippen molar-refractivity contribution in [1.29, 1.82) is 0 Å². The lowest BCUT2D eigenvalue weighted by molar-refractivity contribution is -0.121. The van der Waals surface area contributed by atoms with E-state index in [2.05, 4.69) is 77.5 Å². The summed E-state index contributed by atoms with van der Waals surface area (Å²) in [5.74, 6) is 1.42. The molecule has 0 unspecified atom stereocenters. The molecular formula is C22H31N5O. The van der Waals surface area contributed by atoms with Crippen LogP contribution in [0.5, 0.6) is 0 Å². The molecule has 28 heavy (non-hydrogen) atoms. The van der Waals surface area contributed by atoms with E-state index in [1.165, 1.54) is 5.56 Å². The van der Waals surface area contributed by atoms with E-state index in [0.29, 0.717) is 12.3 Å². The topological polar surface area (TPSA) is 61.4 Å². The van der Waals surface area contributed by atoms with Crippen LogP contribution < -0.4 is 10.2 Å². The molecule has 1 aliphatic rings. The van der Waals surface area contributed by atoms with Crippen molar-refractivity contribution in [3.63, 3.8) is 0 Å². The van der Waals surface area contributed by atoms with Crippen LogP contribution in [0.1, 0.15) is 36.6 Å². The molecule has 2 atom stereocenters. The van der Waals surface area contributed by atoms with Crippen molar-refractivity contribution in [2.75, 3.05) is 32.1 Å². The molecule has 2 heterocycles. The highest BCUT2D eigenvalue weighted by Crippen LogP contribution is 2.21. The minimum Gasteiger partial charge on any atom is -0.351 e. The zero-order valence-electron chi connectivity index (χ0n) is 17.5. The van der Waals surface area contributed by atoms with Gasteiger partial charge in [0.15, 0.2) is 5.82 Å². The first kappa shape index (κ1) is 20.3. The van der Waals surface area contributed by atoms with Gasteiger partial charge >= 0.3 is 0 Å². The van der Waals surface area contributed by atoms with E-state index in [0.717, 1.165) is 30.2 Å². The molecule has 6 heteroatoms. The molecule has 150 valence electrons. The molecule has 2 aromatic rings. The molecule has 1 amide bonds. The third-order valence-electron chi connectivity index (χ3n) is 5.42. The Morgan fingerprint density at radius 3 is 2.43 bits per heavy atom. The van der Waals surface area contributed by atoms with Crippen LogP contribution in [0.2, 0.25) is 0 Å². The molecule has 6 nitrogen and oxygen atoms in total. The van der Waals surface area contributed by atoms with Gasteiger partial charge in [-0.2, -0.15) is 5.10 Å². The molecule has 0 aliphatic carbocycles. The Balaban J connectivity index is 1.63. The molecule has 0 saturated carbocycles. The van der Waals surface area contributed by atoms with Crippen LogP contribution in [0.25, 0.3) is 0 Å². The van der Waals surface area contributed by atoms with E-state index in [1.54, 1.807) is 0 Å². The van der Waals surface area contributed by atoms with E-state index >= 15 is 0 Å². The average Bonchev–Trinajstić information content (AvgIpc) is 3.06. The highest BCUT2D eigenvalue weighted by Gasteiger charge is 2.35. The fourth-order valence-electron chi connectivity index (χ4n) is 3.66. The second-order valence-corrected chi connectivity index (χ2v) is 8.22. The molecule has 1 N–H and O–H groups in total. The fourth-order valence-corrected chi connectivity index (χ4v) is 3.66. The second-order valence-electron chi connectivity index (χ2n) is 8.22. The monoisotopic (exact) mass is 381 g/mol. The summed E-state index contributed by atoms with van der Waals surface area (Å²) in [6, 6.07) is 12.6. The molecule has 1 aromatic carbocycles. The van der Waals surface area contributed by atoms with Crippen molar-refractivity contribution in [2.24, 2.45) is 0 Å². The maximum Gasteiger partial charge on any atom is 0.224 e. The van der Waals surface area contributed by atoms with Crippen LogP contribution >= 0.6 is 0 Å². The van der Waals surface area contributed by atoms with E-state index in [9.17, 15) is 4.79 Å². The minimum absolute atomic E-state index is 0.0561. The molecule has 1 aromatic heterocycles. The van der Waals surface area contributed by atoms with E-state index in [1.807, 2.05) is 19.1 Å². The van der Waals surface area contributed by atoms with Crippen LogP contribution in [0.4, 0.5) is 5.82 Å². The number of carbonyl (C=O) groups is 1. The maximum atomic E-state index is 12.7. The van der Waals surface area contributed by atoms with Crippen molar-refractivity contribution in [2.45, 2.75) is 45.2 Å². The van der Waals surface area contributed by atoms with Crippen molar-refractivity contribution >= 4 is 11.7 Å². The molecule has 0 spiro atoms. The second kappa shape index (κ2) is 8.69. The zero-order chi connectivity index (χ0) is 20.3. The number of likely N-dealkylation sites (N-methyl/N-ethyl adjacent to an activating group) is 1. The average molecular weight is 382 g/mol. The number of hydrogen-bond acceptors (Lipinski definition) is 5. The predicted molar refractivity (Wildman–Crippen MR) is 113 cm³/mol. The summed E-state index contributed by atoms with van der Waals surface area (Å²) in [5, 5.41) is 11.7. The normalized spacial score (nSPS) is 19.5. The largest absolute Gasteiger partial charge is 0.351 e. The van der Waals surface area contributed by atoms with Gasteiger partial charge in [0.1, 0.15) is 0 Å². The minimum atomic E-state index is 0.0561. The van der Waals surface area contributed by atoms with Gasteiger partial charge in [0.05, 0.1) is 18.2 Å². The molecule has 1 fully saturated rings. The lowest BCUT2D eigenvalue weighted by atomic mass is 10.0. The molecule has 0 bridgehead atoms. The first-order valence-electron chi connectivity index (χ1n) is 9.93. The van der Waals surface area contributed by atoms with Gasteiger partial charge in [-0.25, -0.2) is 0 Å². The summed E-state index contributed by atoms with van der Waals surface area (Å²) < 4.78 is 0. The number of anilines is 1. The van der Waals surface area contributed by atoms with Gasteiger partial charge in [-0.3, -0.25) is 4.79 Å². The molecule has 1 saturated heterocycles. The zero-order valence-corrected chi connectivity index (χ0v) is 17.5. The van der Waals surface area contributed by atoms with E-state index in [-0.39, 0.29) is 18.0 Å². The Hall–Kier alpha value is -2.47. The summed E-state index contributed by atoms with van der Waals surface area (Å²) in [6.45, 7) is 7.83. The number of benzene rings is 1. The van der Waals surface area contributed by atoms with Crippen molar-refractivity contribution < 1.29 is 4.79 Å². The smallest absolute Gasteiger partial charge is 0.224 e. The lowest BCUT2D eigenvalue weighted by Gasteiger charge is -2.25. The predicted octanol–water partition coefficient (Wildman–Crippen LogP) is 2.39. The number of amides is 1. The van der Waals surface area contributed by atoms with Crippen LogP contribution in [-0.2, 0) is 11.2 Å². The van der Waals surface area contributed by atoms with Crippen LogP contribution in [0.3, 0.4) is 0 Å². The summed E-state index contributed by atoms with van der Waals surface area (Å²) >= 11 is 0. The third-order valence-corrected chi connectivity index (χ3v) is 5.42. The van der Waals surface area contributed by atoms with E-state index in [4.69, 9.17) is 0 Å². The van der Waals surface area contributed by atoms with Crippen molar-refractivity contribution in [3.8, 4) is 0 Å². The summed E-state index contributed by atoms with van der Waals surface area (Å²) in [4.78, 5) is 17.0. The fraction of sp³-hybridized carbons (Fsp3) is 0.500. The highest BCUT2D eigenvalue weighted by molar-refractivity contribution is 5.79. The SMILES string of the molecule is Cc1ccc(N2C[C@H](NC(=O)Cc3ccc(C(C)C)cc3)[C@@H](N(C)C)C2)nn1. The molecular weight excluding hydrogens is 350 g/mol. The van der Waals surface area contributed by atoms with Gasteiger partial charge in [0.2, 0.25) is 5.91 Å². The highest BCUT2D eigenvalue weighted by atomic mass is 16.1. The summed E-state index contributed by atoms with van der Waals surface area (Å²) in [7, 11) is 4.11. The quantitative estimate of drug-likeness (QED) is 0.832. The van der Waals surface area contributed by atoms with Gasteiger partial charge in [-0.1, -0.05) is 38.1 Å². The van der Waals surface area contributed by atoms with Crippen LogP contribution in [-0.4, -0.2) is 60.3 Å². The third kappa shape index (κ3) is 4.87. The number of nitrogens with zero attached hydrogens (tertiary/aromatic N) is 4. The van der Waals surface area contributed by atoms with Crippen LogP contribution in [0.15, 0.2) is 36.4 Å². The number of hydrogen-bond donors (Lipinski definition) is 1. The number of aromatic nitrogens is 2. The Morgan fingerprint density at radius 1 is 1.14 bits per heavy atom. The maximum absolute atomic E-state index is 12.7. The van der Waals surface area contributed by atoms with Crippen LogP contribution in [0, 0.1) is 6.92 Å². The Bertz CT molecular complexity index is 786. The molecule has 1 aliphatic heterocycles. The number of carbonyl (C=O) groups excluding carboxylic acids is 1. The standard InChI is InChI=1S/C22H31N5O/c1-15(2)18-9-7-17(8-10-18)12-22(28)23-19-13-27(14-20(19)26(4)5)21-11-6-16(3)24-25-21/h6-11,15,19-20H,12-14H2,1-5H3,(H,23,28)/t19-,20-/m0/s1. The van der Waals surface area contributed by atoms with Gasteiger partial charge in [-0.15, -0.1) is 5.10 Å². The Kier molecular flexibility index (Phi) is 6.29. The molecule has 0 radical (unpaired) electrons. The number of rotatable bonds is 6. The summed E-state index contributed by atoms with van der Waals surface area (Å²) in [5.41, 5.74) is 3.24. The number of aryl methyl sites for hydroxylation is 1. The Morgan fingerprint density at radius 2 is 1.86 bits per heavy atom. The molecule has 3 rings (SSSR count). The Labute approximate surface area is 168 Å². The lowest BCUT2D eigenvalue weighted by Crippen LogP contribution is -2.49. The van der Waals surface area contributed by atoms with Crippen molar-refractivity contribution in [3.05, 3.63) is 53.2 Å².